The van der Waals surface area contributed by atoms with Crippen LogP contribution >= 0.6 is 15.9 Å². The van der Waals surface area contributed by atoms with Crippen molar-refractivity contribution in [2.45, 2.75) is 44.3 Å². The van der Waals surface area contributed by atoms with Crippen LogP contribution in [0.2, 0.25) is 0 Å². The van der Waals surface area contributed by atoms with Gasteiger partial charge in [-0.3, -0.25) is 4.79 Å². The van der Waals surface area contributed by atoms with E-state index in [4.69, 9.17) is 0 Å². The first-order chi connectivity index (χ1) is 13.5. The Morgan fingerprint density at radius 2 is 1.93 bits per heavy atom. The van der Waals surface area contributed by atoms with Gasteiger partial charge in [-0.05, 0) is 65.3 Å². The third-order valence-electron chi connectivity index (χ3n) is 5.22. The molecule has 4 nitrogen and oxygen atoms in total. The van der Waals surface area contributed by atoms with Crippen molar-refractivity contribution < 1.29 is 13.6 Å². The number of fused-ring (bicyclic) bond motifs is 1. The quantitative estimate of drug-likeness (QED) is 0.584. The van der Waals surface area contributed by atoms with Gasteiger partial charge in [0.2, 0.25) is 5.91 Å². The molecule has 3 N–H and O–H groups in total. The van der Waals surface area contributed by atoms with Gasteiger partial charge in [0.1, 0.15) is 6.04 Å². The number of halogens is 3. The summed E-state index contributed by atoms with van der Waals surface area (Å²) in [6.07, 6.45) is -0.407. The van der Waals surface area contributed by atoms with Crippen LogP contribution in [0.15, 0.2) is 40.9 Å². The van der Waals surface area contributed by atoms with Crippen molar-refractivity contribution in [3.8, 4) is 0 Å². The fraction of sp³-hybridized carbons (Fsp3) is 0.381. The molecule has 28 heavy (non-hydrogen) atoms. The van der Waals surface area contributed by atoms with Gasteiger partial charge in [-0.15, -0.1) is 0 Å². The number of hydrogen-bond acceptors (Lipinski definition) is 3. The van der Waals surface area contributed by atoms with Crippen molar-refractivity contribution in [1.29, 1.82) is 0 Å². The van der Waals surface area contributed by atoms with Crippen LogP contribution in [0, 0.1) is 0 Å². The molecule has 0 spiro atoms. The van der Waals surface area contributed by atoms with Gasteiger partial charge in [0, 0.05) is 23.2 Å². The maximum atomic E-state index is 12.9. The third-order valence-corrected chi connectivity index (χ3v) is 5.71. The maximum Gasteiger partial charge on any atom is 0.255 e. The predicted molar refractivity (Wildman–Crippen MR) is 108 cm³/mol. The Balaban J connectivity index is 1.66. The Morgan fingerprint density at radius 1 is 1.14 bits per heavy atom. The van der Waals surface area contributed by atoms with Gasteiger partial charge >= 0.3 is 0 Å². The summed E-state index contributed by atoms with van der Waals surface area (Å²) in [6, 6.07) is 11.2. The Bertz CT molecular complexity index is 886. The first kappa shape index (κ1) is 19.3. The topological polar surface area (TPSA) is 53.2 Å². The first-order valence-corrected chi connectivity index (χ1v) is 10.2. The fourth-order valence-corrected chi connectivity index (χ4v) is 4.06. The van der Waals surface area contributed by atoms with E-state index in [9.17, 15) is 13.6 Å². The van der Waals surface area contributed by atoms with Crippen LogP contribution in [-0.2, 0) is 17.9 Å². The van der Waals surface area contributed by atoms with Crippen molar-refractivity contribution in [1.82, 2.24) is 10.6 Å². The summed E-state index contributed by atoms with van der Waals surface area (Å²) >= 11 is 3.48. The van der Waals surface area contributed by atoms with Crippen LogP contribution < -0.4 is 16.0 Å². The van der Waals surface area contributed by atoms with Gasteiger partial charge in [0.25, 0.3) is 6.43 Å². The van der Waals surface area contributed by atoms with Gasteiger partial charge in [0.15, 0.2) is 0 Å². The first-order valence-electron chi connectivity index (χ1n) is 9.45. The van der Waals surface area contributed by atoms with Crippen LogP contribution in [0.5, 0.6) is 0 Å². The molecule has 0 aromatic heterocycles. The highest BCUT2D eigenvalue weighted by Gasteiger charge is 2.31. The van der Waals surface area contributed by atoms with Crippen molar-refractivity contribution in [2.24, 2.45) is 0 Å². The smallest absolute Gasteiger partial charge is 0.255 e. The molecule has 1 saturated carbocycles. The highest BCUT2D eigenvalue weighted by atomic mass is 79.9. The van der Waals surface area contributed by atoms with E-state index in [0.29, 0.717) is 5.92 Å². The summed E-state index contributed by atoms with van der Waals surface area (Å²) in [6.45, 7) is 0.973. The van der Waals surface area contributed by atoms with E-state index in [-0.39, 0.29) is 0 Å². The van der Waals surface area contributed by atoms with Crippen LogP contribution in [-0.4, -0.2) is 18.9 Å². The minimum atomic E-state index is -2.58. The number of anilines is 1. The number of carbonyl (C=O) groups is 1. The molecule has 1 heterocycles. The maximum absolute atomic E-state index is 12.9. The van der Waals surface area contributed by atoms with Crippen LogP contribution in [0.25, 0.3) is 0 Å². The van der Waals surface area contributed by atoms with E-state index in [0.717, 1.165) is 47.2 Å². The molecule has 1 atom stereocenters. The number of benzene rings is 2. The number of hydrogen-bond donors (Lipinski definition) is 3. The summed E-state index contributed by atoms with van der Waals surface area (Å²) in [4.78, 5) is 12.9. The van der Waals surface area contributed by atoms with Crippen molar-refractivity contribution in [2.75, 3.05) is 11.9 Å². The molecule has 0 radical (unpaired) electrons. The average molecular weight is 450 g/mol. The lowest BCUT2D eigenvalue weighted by Gasteiger charge is -2.23. The number of rotatable bonds is 7. The molecule has 1 fully saturated rings. The molecule has 7 heteroatoms. The van der Waals surface area contributed by atoms with E-state index in [1.807, 2.05) is 36.4 Å². The molecule has 2 aliphatic rings. The van der Waals surface area contributed by atoms with Crippen LogP contribution in [0.4, 0.5) is 14.5 Å². The van der Waals surface area contributed by atoms with E-state index in [1.54, 1.807) is 0 Å². The fourth-order valence-electron chi connectivity index (χ4n) is 3.68. The molecule has 4 rings (SSSR count). The molecule has 1 aliphatic carbocycles. The van der Waals surface area contributed by atoms with E-state index in [1.165, 1.54) is 11.1 Å². The molecular weight excluding hydrogens is 428 g/mol. The molecule has 2 aromatic rings. The van der Waals surface area contributed by atoms with Gasteiger partial charge in [0.05, 0.1) is 6.54 Å². The van der Waals surface area contributed by atoms with E-state index in [2.05, 4.69) is 31.9 Å². The molecule has 0 unspecified atom stereocenters. The minimum Gasteiger partial charge on any atom is -0.370 e. The lowest BCUT2D eigenvalue weighted by molar-refractivity contribution is -0.122. The highest BCUT2D eigenvalue weighted by molar-refractivity contribution is 9.10. The third kappa shape index (κ3) is 4.36. The lowest BCUT2D eigenvalue weighted by Crippen LogP contribution is -2.36. The van der Waals surface area contributed by atoms with Gasteiger partial charge in [-0.25, -0.2) is 8.78 Å². The number of amides is 1. The molecule has 2 aromatic carbocycles. The normalized spacial score (nSPS) is 16.7. The molecular formula is C21H22BrF2N3O. The Morgan fingerprint density at radius 3 is 2.68 bits per heavy atom. The summed E-state index contributed by atoms with van der Waals surface area (Å²) in [5.74, 6) is -0.0153. The zero-order valence-electron chi connectivity index (χ0n) is 15.3. The summed E-state index contributed by atoms with van der Waals surface area (Å²) in [5, 5.41) is 8.97. The Labute approximate surface area is 171 Å². The van der Waals surface area contributed by atoms with Crippen LogP contribution in [0.1, 0.15) is 47.1 Å². The second-order valence-electron chi connectivity index (χ2n) is 7.35. The molecule has 148 valence electrons. The summed E-state index contributed by atoms with van der Waals surface area (Å²) < 4.78 is 26.2. The van der Waals surface area contributed by atoms with Crippen molar-refractivity contribution in [3.05, 3.63) is 63.1 Å². The monoisotopic (exact) mass is 449 g/mol. The van der Waals surface area contributed by atoms with Gasteiger partial charge < -0.3 is 16.0 Å². The number of alkyl halides is 2. The van der Waals surface area contributed by atoms with E-state index < -0.39 is 24.9 Å². The molecule has 1 amide bonds. The highest BCUT2D eigenvalue weighted by Crippen LogP contribution is 2.44. The second kappa shape index (κ2) is 8.17. The lowest BCUT2D eigenvalue weighted by atomic mass is 9.96. The molecule has 1 aliphatic heterocycles. The summed E-state index contributed by atoms with van der Waals surface area (Å²) in [5.41, 5.74) is 5.18. The largest absolute Gasteiger partial charge is 0.370 e. The standard InChI is InChI=1S/C21H22BrF2N3O/c22-15-4-6-17(12-1-2-12)18(8-15)20(21(28)26-11-19(23)24)27-16-5-3-13-9-25-10-14(13)7-16/h3-8,12,19-20,25,27H,1-2,9-11H2,(H,26,28)/t20-/m1/s1. The molecule has 0 bridgehead atoms. The Hall–Kier alpha value is -1.99. The zero-order chi connectivity index (χ0) is 19.7. The minimum absolute atomic E-state index is 0.430. The van der Waals surface area contributed by atoms with Crippen molar-refractivity contribution >= 4 is 27.5 Å². The summed E-state index contributed by atoms with van der Waals surface area (Å²) in [7, 11) is 0. The predicted octanol–water partition coefficient (Wildman–Crippen LogP) is 4.46. The number of nitrogens with one attached hydrogen (secondary N) is 3. The van der Waals surface area contributed by atoms with Crippen LogP contribution in [0.3, 0.4) is 0 Å². The van der Waals surface area contributed by atoms with Gasteiger partial charge in [-0.2, -0.15) is 0 Å². The number of carbonyl (C=O) groups excluding carboxylic acids is 1. The average Bonchev–Trinajstić information content (AvgIpc) is 3.41. The SMILES string of the molecule is O=C(NCC(F)F)[C@H](Nc1ccc2c(c1)CNC2)c1cc(Br)ccc1C1CC1. The second-order valence-corrected chi connectivity index (χ2v) is 8.26. The van der Waals surface area contributed by atoms with E-state index >= 15 is 0 Å². The van der Waals surface area contributed by atoms with Gasteiger partial charge in [-0.1, -0.05) is 28.1 Å². The Kier molecular flexibility index (Phi) is 5.64. The molecule has 0 saturated heterocycles. The zero-order valence-corrected chi connectivity index (χ0v) is 16.9. The van der Waals surface area contributed by atoms with Crippen molar-refractivity contribution in [3.63, 3.8) is 0 Å².